The van der Waals surface area contributed by atoms with Crippen molar-refractivity contribution in [3.05, 3.63) is 54.6 Å². The zero-order chi connectivity index (χ0) is 18.6. The fourth-order valence-corrected chi connectivity index (χ4v) is 3.93. The molecule has 0 radical (unpaired) electrons. The summed E-state index contributed by atoms with van der Waals surface area (Å²) in [4.78, 5) is 12.0. The monoisotopic (exact) mass is 374 g/mol. The average Bonchev–Trinajstić information content (AvgIpc) is 3.41. The van der Waals surface area contributed by atoms with Crippen molar-refractivity contribution in [2.45, 2.75) is 25.3 Å². The van der Waals surface area contributed by atoms with Crippen molar-refractivity contribution >= 4 is 27.3 Å². The molecule has 1 amide bonds. The largest absolute Gasteiger partial charge is 0.493 e. The maximum Gasteiger partial charge on any atom is 0.232 e. The normalized spacial score (nSPS) is 13.9. The third-order valence-corrected chi connectivity index (χ3v) is 5.21. The molecule has 3 rings (SSSR count). The van der Waals surface area contributed by atoms with Crippen molar-refractivity contribution in [1.82, 2.24) is 0 Å². The topological polar surface area (TPSA) is 75.7 Å². The Morgan fingerprint density at radius 2 is 1.77 bits per heavy atom. The van der Waals surface area contributed by atoms with Crippen LogP contribution in [0.25, 0.3) is 0 Å². The molecule has 1 aliphatic carbocycles. The minimum Gasteiger partial charge on any atom is -0.493 e. The highest BCUT2D eigenvalue weighted by Crippen LogP contribution is 2.34. The number of benzene rings is 2. The van der Waals surface area contributed by atoms with Gasteiger partial charge in [0.2, 0.25) is 15.9 Å². The first-order valence-corrected chi connectivity index (χ1v) is 10.4. The SMILES string of the molecule is CS(=O)(=O)N(c1ccc(NC(=O)CCOc2ccccc2)cc1)C1CC1. The maximum atomic E-state index is 12.0. The fourth-order valence-electron chi connectivity index (χ4n) is 2.68. The van der Waals surface area contributed by atoms with Crippen molar-refractivity contribution < 1.29 is 17.9 Å². The van der Waals surface area contributed by atoms with E-state index in [4.69, 9.17) is 4.74 Å². The Morgan fingerprint density at radius 3 is 2.35 bits per heavy atom. The van der Waals surface area contributed by atoms with Gasteiger partial charge in [0.1, 0.15) is 5.75 Å². The molecular formula is C19H22N2O4S. The molecule has 0 aromatic heterocycles. The van der Waals surface area contributed by atoms with Crippen molar-refractivity contribution in [2.75, 3.05) is 22.5 Å². The van der Waals surface area contributed by atoms with Crippen LogP contribution in [0.15, 0.2) is 54.6 Å². The molecule has 0 spiro atoms. The standard InChI is InChI=1S/C19H22N2O4S/c1-26(23,24)21(17-11-12-17)16-9-7-15(8-10-16)20-19(22)13-14-25-18-5-3-2-4-6-18/h2-10,17H,11-14H2,1H3,(H,20,22). The Labute approximate surface area is 153 Å². The van der Waals surface area contributed by atoms with Gasteiger partial charge in [-0.3, -0.25) is 9.10 Å². The van der Waals surface area contributed by atoms with Crippen LogP contribution in [-0.2, 0) is 14.8 Å². The van der Waals surface area contributed by atoms with Gasteiger partial charge in [0.05, 0.1) is 25.0 Å². The van der Waals surface area contributed by atoms with E-state index in [0.29, 0.717) is 11.4 Å². The Kier molecular flexibility index (Phi) is 5.46. The molecule has 1 N–H and O–H groups in total. The molecule has 26 heavy (non-hydrogen) atoms. The molecule has 0 atom stereocenters. The average molecular weight is 374 g/mol. The molecule has 0 bridgehead atoms. The highest BCUT2D eigenvalue weighted by Gasteiger charge is 2.35. The molecule has 0 unspecified atom stereocenters. The van der Waals surface area contributed by atoms with Gasteiger partial charge in [-0.25, -0.2) is 8.42 Å². The number of para-hydroxylation sites is 1. The number of hydrogen-bond acceptors (Lipinski definition) is 4. The third-order valence-electron chi connectivity index (χ3n) is 3.98. The number of carbonyl (C=O) groups is 1. The second kappa shape index (κ2) is 7.78. The maximum absolute atomic E-state index is 12.0. The Hall–Kier alpha value is -2.54. The van der Waals surface area contributed by atoms with E-state index >= 15 is 0 Å². The number of hydrogen-bond donors (Lipinski definition) is 1. The number of carbonyl (C=O) groups excluding carboxylic acids is 1. The van der Waals surface area contributed by atoms with E-state index in [1.807, 2.05) is 30.3 Å². The summed E-state index contributed by atoms with van der Waals surface area (Å²) < 4.78 is 30.9. The first kappa shape index (κ1) is 18.3. The number of nitrogens with zero attached hydrogens (tertiary/aromatic N) is 1. The van der Waals surface area contributed by atoms with Crippen LogP contribution in [-0.4, -0.2) is 33.2 Å². The molecule has 2 aromatic carbocycles. The van der Waals surface area contributed by atoms with E-state index in [1.165, 1.54) is 10.6 Å². The van der Waals surface area contributed by atoms with Crippen LogP contribution in [0.4, 0.5) is 11.4 Å². The van der Waals surface area contributed by atoms with Gasteiger partial charge < -0.3 is 10.1 Å². The Bertz CT molecular complexity index is 847. The number of rotatable bonds is 8. The van der Waals surface area contributed by atoms with Crippen LogP contribution in [0.1, 0.15) is 19.3 Å². The summed E-state index contributed by atoms with van der Waals surface area (Å²) in [5, 5.41) is 2.79. The van der Waals surface area contributed by atoms with Gasteiger partial charge in [0.15, 0.2) is 0 Å². The highest BCUT2D eigenvalue weighted by molar-refractivity contribution is 7.92. The molecule has 2 aromatic rings. The molecule has 6 nitrogen and oxygen atoms in total. The van der Waals surface area contributed by atoms with Gasteiger partial charge in [0, 0.05) is 11.7 Å². The summed E-state index contributed by atoms with van der Waals surface area (Å²) in [6, 6.07) is 16.2. The van der Waals surface area contributed by atoms with Crippen molar-refractivity contribution in [2.24, 2.45) is 0 Å². The third kappa shape index (κ3) is 4.98. The molecule has 1 aliphatic rings. The Morgan fingerprint density at radius 1 is 1.12 bits per heavy atom. The summed E-state index contributed by atoms with van der Waals surface area (Å²) in [6.07, 6.45) is 3.21. The summed E-state index contributed by atoms with van der Waals surface area (Å²) in [6.45, 7) is 0.289. The lowest BCUT2D eigenvalue weighted by atomic mass is 10.2. The van der Waals surface area contributed by atoms with Crippen LogP contribution in [0.2, 0.25) is 0 Å². The van der Waals surface area contributed by atoms with Crippen LogP contribution in [0.5, 0.6) is 5.75 Å². The summed E-state index contributed by atoms with van der Waals surface area (Å²) >= 11 is 0. The zero-order valence-corrected chi connectivity index (χ0v) is 15.4. The Balaban J connectivity index is 1.53. The van der Waals surface area contributed by atoms with Gasteiger partial charge in [-0.15, -0.1) is 0 Å². The second-order valence-corrected chi connectivity index (χ2v) is 8.16. The van der Waals surface area contributed by atoms with E-state index in [1.54, 1.807) is 24.3 Å². The van der Waals surface area contributed by atoms with E-state index in [0.717, 1.165) is 18.6 Å². The van der Waals surface area contributed by atoms with E-state index < -0.39 is 10.0 Å². The number of amides is 1. The molecule has 138 valence electrons. The number of sulfonamides is 1. The van der Waals surface area contributed by atoms with Crippen molar-refractivity contribution in [1.29, 1.82) is 0 Å². The first-order valence-electron chi connectivity index (χ1n) is 8.50. The summed E-state index contributed by atoms with van der Waals surface area (Å²) in [5.41, 5.74) is 1.25. The molecule has 1 saturated carbocycles. The van der Waals surface area contributed by atoms with E-state index in [-0.39, 0.29) is 25.0 Å². The number of anilines is 2. The molecule has 0 heterocycles. The minimum atomic E-state index is -3.30. The van der Waals surface area contributed by atoms with Gasteiger partial charge in [-0.1, -0.05) is 18.2 Å². The van der Waals surface area contributed by atoms with Crippen LogP contribution < -0.4 is 14.4 Å². The molecule has 0 saturated heterocycles. The zero-order valence-electron chi connectivity index (χ0n) is 14.6. The van der Waals surface area contributed by atoms with Gasteiger partial charge in [-0.2, -0.15) is 0 Å². The van der Waals surface area contributed by atoms with E-state index in [9.17, 15) is 13.2 Å². The van der Waals surface area contributed by atoms with Gasteiger partial charge in [0.25, 0.3) is 0 Å². The van der Waals surface area contributed by atoms with E-state index in [2.05, 4.69) is 5.32 Å². The predicted molar refractivity (Wildman–Crippen MR) is 102 cm³/mol. The van der Waals surface area contributed by atoms with Gasteiger partial charge >= 0.3 is 0 Å². The van der Waals surface area contributed by atoms with Crippen molar-refractivity contribution in [3.8, 4) is 5.75 Å². The predicted octanol–water partition coefficient (Wildman–Crippen LogP) is 3.02. The van der Waals surface area contributed by atoms with Crippen LogP contribution in [0.3, 0.4) is 0 Å². The lowest BCUT2D eigenvalue weighted by Crippen LogP contribution is -2.31. The smallest absolute Gasteiger partial charge is 0.232 e. The van der Waals surface area contributed by atoms with Crippen LogP contribution in [0, 0.1) is 0 Å². The summed E-state index contributed by atoms with van der Waals surface area (Å²) in [7, 11) is -3.30. The first-order chi connectivity index (χ1) is 12.4. The van der Waals surface area contributed by atoms with Crippen LogP contribution >= 0.6 is 0 Å². The molecule has 1 fully saturated rings. The van der Waals surface area contributed by atoms with Gasteiger partial charge in [-0.05, 0) is 49.2 Å². The molecule has 7 heteroatoms. The second-order valence-electron chi connectivity index (χ2n) is 6.30. The summed E-state index contributed by atoms with van der Waals surface area (Å²) in [5.74, 6) is 0.571. The molecular weight excluding hydrogens is 352 g/mol. The number of nitrogens with one attached hydrogen (secondary N) is 1. The lowest BCUT2D eigenvalue weighted by Gasteiger charge is -2.22. The molecule has 0 aliphatic heterocycles. The number of ether oxygens (including phenoxy) is 1. The highest BCUT2D eigenvalue weighted by atomic mass is 32.2. The fraction of sp³-hybridized carbons (Fsp3) is 0.316. The lowest BCUT2D eigenvalue weighted by molar-refractivity contribution is -0.116. The van der Waals surface area contributed by atoms with Crippen molar-refractivity contribution in [3.63, 3.8) is 0 Å². The minimum absolute atomic E-state index is 0.0561. The quantitative estimate of drug-likeness (QED) is 0.771.